The van der Waals surface area contributed by atoms with Crippen LogP contribution >= 0.6 is 11.6 Å². The molecule has 2 aromatic rings. The number of ether oxygens (including phenoxy) is 3. The Morgan fingerprint density at radius 1 is 1.06 bits per heavy atom. The fraction of sp³-hybridized carbons (Fsp3) is 0.273. The summed E-state index contributed by atoms with van der Waals surface area (Å²) in [5.41, 5.74) is 5.15. The molecule has 1 atom stereocenters. The fourth-order valence-corrected chi connectivity index (χ4v) is 3.32. The van der Waals surface area contributed by atoms with Crippen molar-refractivity contribution < 1.29 is 33.4 Å². The highest BCUT2D eigenvalue weighted by Gasteiger charge is 2.37. The fourth-order valence-electron chi connectivity index (χ4n) is 3.20. The molecule has 0 spiro atoms. The molecule has 11 heteroatoms. The molecule has 1 fully saturated rings. The van der Waals surface area contributed by atoms with Crippen molar-refractivity contribution in [2.75, 3.05) is 32.3 Å². The number of carbonyl (C=O) groups excluding carboxylic acids is 4. The van der Waals surface area contributed by atoms with Crippen molar-refractivity contribution >= 4 is 41.0 Å². The number of hydrogen-bond acceptors (Lipinski definition) is 7. The van der Waals surface area contributed by atoms with Crippen molar-refractivity contribution in [3.63, 3.8) is 0 Å². The lowest BCUT2D eigenvalue weighted by molar-refractivity contribution is -0.152. The first-order valence-electron chi connectivity index (χ1n) is 9.86. The molecule has 1 aliphatic rings. The lowest BCUT2D eigenvalue weighted by atomic mass is 10.1. The van der Waals surface area contributed by atoms with Crippen molar-refractivity contribution in [1.82, 2.24) is 10.9 Å². The first kappa shape index (κ1) is 23.9. The summed E-state index contributed by atoms with van der Waals surface area (Å²) < 4.78 is 15.5. The van der Waals surface area contributed by atoms with E-state index < -0.39 is 30.3 Å². The monoisotopic (exact) mass is 475 g/mol. The topological polar surface area (TPSA) is 123 Å². The number of esters is 1. The summed E-state index contributed by atoms with van der Waals surface area (Å²) in [4.78, 5) is 50.2. The van der Waals surface area contributed by atoms with E-state index in [0.29, 0.717) is 22.2 Å². The maximum Gasteiger partial charge on any atom is 0.311 e. The SMILES string of the molecule is COc1ccc(N2C[C@@H](C(=O)OCC(=O)NNC(=O)c3ccc(Cl)cc3)CC2=O)c(OC)c1. The molecular formula is C22H22ClN3O7. The van der Waals surface area contributed by atoms with Crippen LogP contribution in [0.25, 0.3) is 0 Å². The maximum atomic E-state index is 12.5. The van der Waals surface area contributed by atoms with E-state index >= 15 is 0 Å². The normalized spacial score (nSPS) is 15.1. The van der Waals surface area contributed by atoms with E-state index in [4.69, 9.17) is 25.8 Å². The van der Waals surface area contributed by atoms with Gasteiger partial charge in [-0.15, -0.1) is 0 Å². The molecule has 2 aromatic carbocycles. The summed E-state index contributed by atoms with van der Waals surface area (Å²) in [5.74, 6) is -2.03. The molecular weight excluding hydrogens is 454 g/mol. The van der Waals surface area contributed by atoms with Crippen LogP contribution in [-0.2, 0) is 19.1 Å². The highest BCUT2D eigenvalue weighted by Crippen LogP contribution is 2.36. The van der Waals surface area contributed by atoms with Gasteiger partial charge < -0.3 is 19.1 Å². The first-order chi connectivity index (χ1) is 15.8. The molecule has 0 saturated carbocycles. The van der Waals surface area contributed by atoms with Crippen molar-refractivity contribution in [1.29, 1.82) is 0 Å². The zero-order valence-electron chi connectivity index (χ0n) is 17.9. The molecule has 3 rings (SSSR count). The molecule has 1 saturated heterocycles. The number of nitrogens with zero attached hydrogens (tertiary/aromatic N) is 1. The number of benzene rings is 2. The van der Waals surface area contributed by atoms with Crippen molar-refractivity contribution in [3.8, 4) is 11.5 Å². The Kier molecular flexibility index (Phi) is 7.73. The van der Waals surface area contributed by atoms with Gasteiger partial charge in [0, 0.05) is 29.6 Å². The first-order valence-corrected chi connectivity index (χ1v) is 10.2. The quantitative estimate of drug-likeness (QED) is 0.461. The number of nitrogens with one attached hydrogen (secondary N) is 2. The van der Waals surface area contributed by atoms with Gasteiger partial charge in [0.1, 0.15) is 11.5 Å². The molecule has 0 aliphatic carbocycles. The van der Waals surface area contributed by atoms with Crippen LogP contribution in [0.2, 0.25) is 5.02 Å². The average molecular weight is 476 g/mol. The molecule has 0 bridgehead atoms. The molecule has 0 radical (unpaired) electrons. The molecule has 33 heavy (non-hydrogen) atoms. The standard InChI is InChI=1S/C22H22ClN3O7/c1-31-16-7-8-17(18(10-16)32-2)26-11-14(9-20(26)28)22(30)33-12-19(27)24-25-21(29)13-3-5-15(23)6-4-13/h3-8,10,14H,9,11-12H2,1-2H3,(H,24,27)(H,25,29)/t14-/m0/s1. The summed E-state index contributed by atoms with van der Waals surface area (Å²) >= 11 is 5.76. The van der Waals surface area contributed by atoms with Crippen LogP contribution in [0.3, 0.4) is 0 Å². The van der Waals surface area contributed by atoms with E-state index in [1.165, 1.54) is 43.4 Å². The van der Waals surface area contributed by atoms with E-state index in [1.54, 1.807) is 18.2 Å². The van der Waals surface area contributed by atoms with Gasteiger partial charge in [-0.25, -0.2) is 0 Å². The third-order valence-corrected chi connectivity index (χ3v) is 5.16. The minimum atomic E-state index is -0.749. The van der Waals surface area contributed by atoms with Crippen molar-refractivity contribution in [3.05, 3.63) is 53.1 Å². The second-order valence-corrected chi connectivity index (χ2v) is 7.50. The number of hydrazine groups is 1. The molecule has 10 nitrogen and oxygen atoms in total. The van der Waals surface area contributed by atoms with Crippen LogP contribution in [0, 0.1) is 5.92 Å². The van der Waals surface area contributed by atoms with Crippen LogP contribution in [0.5, 0.6) is 11.5 Å². The van der Waals surface area contributed by atoms with E-state index in [-0.39, 0.29) is 24.4 Å². The van der Waals surface area contributed by atoms with Crippen molar-refractivity contribution in [2.45, 2.75) is 6.42 Å². The summed E-state index contributed by atoms with van der Waals surface area (Å²) in [6, 6.07) is 11.0. The lowest BCUT2D eigenvalue weighted by Gasteiger charge is -2.20. The minimum Gasteiger partial charge on any atom is -0.497 e. The Labute approximate surface area is 194 Å². The smallest absolute Gasteiger partial charge is 0.311 e. The molecule has 2 N–H and O–H groups in total. The summed E-state index contributed by atoms with van der Waals surface area (Å²) in [7, 11) is 2.98. The zero-order chi connectivity index (χ0) is 24.0. The van der Waals surface area contributed by atoms with Gasteiger partial charge in [-0.05, 0) is 36.4 Å². The molecule has 174 valence electrons. The van der Waals surface area contributed by atoms with E-state index in [2.05, 4.69) is 10.9 Å². The summed E-state index contributed by atoms with van der Waals surface area (Å²) in [5, 5.41) is 0.469. The zero-order valence-corrected chi connectivity index (χ0v) is 18.7. The van der Waals surface area contributed by atoms with E-state index in [1.807, 2.05) is 0 Å². The number of hydrogen-bond donors (Lipinski definition) is 2. The van der Waals surface area contributed by atoms with Crippen LogP contribution in [0.15, 0.2) is 42.5 Å². The third kappa shape index (κ3) is 5.92. The molecule has 1 heterocycles. The molecule has 3 amide bonds. The van der Waals surface area contributed by atoms with Gasteiger partial charge in [-0.1, -0.05) is 11.6 Å². The van der Waals surface area contributed by atoms with Crippen LogP contribution < -0.4 is 25.2 Å². The largest absolute Gasteiger partial charge is 0.497 e. The van der Waals surface area contributed by atoms with Gasteiger partial charge in [0.25, 0.3) is 11.8 Å². The molecule has 0 aromatic heterocycles. The van der Waals surface area contributed by atoms with Gasteiger partial charge >= 0.3 is 5.97 Å². The maximum absolute atomic E-state index is 12.5. The average Bonchev–Trinajstić information content (AvgIpc) is 3.22. The highest BCUT2D eigenvalue weighted by atomic mass is 35.5. The Hall–Kier alpha value is -3.79. The number of rotatable bonds is 7. The van der Waals surface area contributed by atoms with Gasteiger partial charge in [0.2, 0.25) is 5.91 Å². The summed E-state index contributed by atoms with van der Waals surface area (Å²) in [6.07, 6.45) is -0.0665. The predicted molar refractivity (Wildman–Crippen MR) is 118 cm³/mol. The van der Waals surface area contributed by atoms with Gasteiger partial charge in [-0.3, -0.25) is 30.0 Å². The highest BCUT2D eigenvalue weighted by molar-refractivity contribution is 6.30. The number of carbonyl (C=O) groups is 4. The number of amides is 3. The third-order valence-electron chi connectivity index (χ3n) is 4.90. The minimum absolute atomic E-state index is 0.0665. The van der Waals surface area contributed by atoms with Gasteiger partial charge in [0.15, 0.2) is 6.61 Å². The van der Waals surface area contributed by atoms with E-state index in [0.717, 1.165) is 0 Å². The van der Waals surface area contributed by atoms with Gasteiger partial charge in [-0.2, -0.15) is 0 Å². The van der Waals surface area contributed by atoms with Crippen LogP contribution in [0.4, 0.5) is 5.69 Å². The van der Waals surface area contributed by atoms with Crippen LogP contribution in [0.1, 0.15) is 16.8 Å². The number of anilines is 1. The van der Waals surface area contributed by atoms with Crippen LogP contribution in [-0.4, -0.2) is 51.1 Å². The Balaban J connectivity index is 1.50. The Morgan fingerprint density at radius 2 is 1.79 bits per heavy atom. The number of methoxy groups -OCH3 is 2. The second kappa shape index (κ2) is 10.7. The Morgan fingerprint density at radius 3 is 2.45 bits per heavy atom. The molecule has 1 aliphatic heterocycles. The van der Waals surface area contributed by atoms with Crippen molar-refractivity contribution in [2.24, 2.45) is 5.92 Å². The summed E-state index contributed by atoms with van der Waals surface area (Å²) in [6.45, 7) is -0.536. The van der Waals surface area contributed by atoms with E-state index in [9.17, 15) is 19.2 Å². The molecule has 0 unspecified atom stereocenters. The number of halogens is 1. The lowest BCUT2D eigenvalue weighted by Crippen LogP contribution is -2.43. The Bertz CT molecular complexity index is 1060. The predicted octanol–water partition coefficient (Wildman–Crippen LogP) is 1.71. The second-order valence-electron chi connectivity index (χ2n) is 7.06. The van der Waals surface area contributed by atoms with Gasteiger partial charge in [0.05, 0.1) is 25.8 Å².